The van der Waals surface area contributed by atoms with Gasteiger partial charge >= 0.3 is 6.18 Å². The lowest BCUT2D eigenvalue weighted by molar-refractivity contribution is -0.141. The summed E-state index contributed by atoms with van der Waals surface area (Å²) in [5.74, 6) is 0.225. The molecule has 29 heavy (non-hydrogen) atoms. The van der Waals surface area contributed by atoms with Crippen molar-refractivity contribution in [2.75, 3.05) is 32.0 Å². The van der Waals surface area contributed by atoms with E-state index in [4.69, 9.17) is 0 Å². The zero-order valence-corrected chi connectivity index (χ0v) is 18.3. The number of anilines is 1. The Morgan fingerprint density at radius 1 is 1.17 bits per heavy atom. The summed E-state index contributed by atoms with van der Waals surface area (Å²) < 4.78 is 51.0. The highest BCUT2D eigenvalue weighted by atomic mass is 127. The second kappa shape index (κ2) is 11.7. The number of aliphatic imine (C=N–C) groups is 1. The summed E-state index contributed by atoms with van der Waals surface area (Å²) in [6.07, 6.45) is -3.46. The molecular weight excluding hydrogens is 503 g/mol. The number of nitrogens with one attached hydrogen (secondary N) is 2. The van der Waals surface area contributed by atoms with Crippen molar-refractivity contribution in [1.82, 2.24) is 20.2 Å². The van der Waals surface area contributed by atoms with Gasteiger partial charge in [-0.2, -0.15) is 13.2 Å². The van der Waals surface area contributed by atoms with E-state index in [1.54, 1.807) is 12.1 Å². The average molecular weight is 526 g/mol. The maximum Gasteiger partial charge on any atom is 0.433 e. The van der Waals surface area contributed by atoms with Crippen LogP contribution in [0.3, 0.4) is 0 Å². The van der Waals surface area contributed by atoms with Crippen molar-refractivity contribution in [2.24, 2.45) is 4.99 Å². The van der Waals surface area contributed by atoms with Crippen molar-refractivity contribution in [3.8, 4) is 0 Å². The highest BCUT2D eigenvalue weighted by Gasteiger charge is 2.32. The lowest BCUT2D eigenvalue weighted by Crippen LogP contribution is -2.38. The maximum atomic E-state index is 13.0. The Bertz CT molecular complexity index is 783. The van der Waals surface area contributed by atoms with Gasteiger partial charge in [-0.3, -0.25) is 4.99 Å². The highest BCUT2D eigenvalue weighted by molar-refractivity contribution is 14.0. The molecule has 1 heterocycles. The lowest BCUT2D eigenvalue weighted by Gasteiger charge is -2.22. The van der Waals surface area contributed by atoms with Gasteiger partial charge in [-0.05, 0) is 30.7 Å². The van der Waals surface area contributed by atoms with Gasteiger partial charge in [-0.15, -0.1) is 24.0 Å². The number of nitrogens with zero attached hydrogens (tertiary/aromatic N) is 4. The SMILES string of the molecule is CCNC(=NCCNc1nccc(C(F)(F)F)n1)N(C)Cc1ccc(F)cc1.I. The molecule has 1 aromatic heterocycles. The van der Waals surface area contributed by atoms with Crippen molar-refractivity contribution in [1.29, 1.82) is 0 Å². The molecule has 0 amide bonds. The zero-order valence-electron chi connectivity index (χ0n) is 16.0. The van der Waals surface area contributed by atoms with Crippen LogP contribution < -0.4 is 10.6 Å². The van der Waals surface area contributed by atoms with Gasteiger partial charge in [0.2, 0.25) is 5.95 Å². The first-order valence-electron chi connectivity index (χ1n) is 8.67. The predicted octanol–water partition coefficient (Wildman–Crippen LogP) is 3.76. The van der Waals surface area contributed by atoms with Gasteiger partial charge in [0, 0.05) is 32.9 Å². The Balaban J connectivity index is 0.00000420. The van der Waals surface area contributed by atoms with Crippen molar-refractivity contribution in [3.05, 3.63) is 53.6 Å². The van der Waals surface area contributed by atoms with Crippen LogP contribution in [0, 0.1) is 5.82 Å². The van der Waals surface area contributed by atoms with E-state index in [0.29, 0.717) is 25.6 Å². The largest absolute Gasteiger partial charge is 0.433 e. The van der Waals surface area contributed by atoms with Crippen molar-refractivity contribution in [2.45, 2.75) is 19.6 Å². The minimum atomic E-state index is -4.52. The van der Waals surface area contributed by atoms with Crippen LogP contribution in [0.15, 0.2) is 41.5 Å². The first-order chi connectivity index (χ1) is 13.3. The third kappa shape index (κ3) is 8.38. The lowest BCUT2D eigenvalue weighted by atomic mass is 10.2. The number of rotatable bonds is 7. The van der Waals surface area contributed by atoms with Crippen LogP contribution in [0.1, 0.15) is 18.2 Å². The molecule has 0 saturated heterocycles. The molecule has 11 heteroatoms. The molecule has 2 aromatic rings. The Labute approximate surface area is 183 Å². The number of alkyl halides is 3. The summed E-state index contributed by atoms with van der Waals surface area (Å²) in [4.78, 5) is 13.5. The number of halogens is 5. The van der Waals surface area contributed by atoms with Gasteiger partial charge < -0.3 is 15.5 Å². The fourth-order valence-corrected chi connectivity index (χ4v) is 2.34. The molecular formula is C18H23F4IN6. The first-order valence-corrected chi connectivity index (χ1v) is 8.67. The minimum Gasteiger partial charge on any atom is -0.357 e. The molecule has 6 nitrogen and oxygen atoms in total. The number of aromatic nitrogens is 2. The van der Waals surface area contributed by atoms with Crippen LogP contribution in [0.2, 0.25) is 0 Å². The second-order valence-corrected chi connectivity index (χ2v) is 5.91. The van der Waals surface area contributed by atoms with Crippen LogP contribution in [-0.4, -0.2) is 47.5 Å². The molecule has 1 aromatic carbocycles. The average Bonchev–Trinajstić information content (AvgIpc) is 2.65. The van der Waals surface area contributed by atoms with E-state index in [2.05, 4.69) is 25.6 Å². The molecule has 0 atom stereocenters. The van der Waals surface area contributed by atoms with Crippen molar-refractivity contribution in [3.63, 3.8) is 0 Å². The summed E-state index contributed by atoms with van der Waals surface area (Å²) in [7, 11) is 1.84. The maximum absolute atomic E-state index is 13.0. The Morgan fingerprint density at radius 3 is 2.48 bits per heavy atom. The van der Waals surface area contributed by atoms with E-state index in [1.807, 2.05) is 18.9 Å². The van der Waals surface area contributed by atoms with Crippen LogP contribution >= 0.6 is 24.0 Å². The predicted molar refractivity (Wildman–Crippen MR) is 115 cm³/mol. The molecule has 160 valence electrons. The monoisotopic (exact) mass is 526 g/mol. The molecule has 0 saturated carbocycles. The first kappa shape index (κ1) is 24.9. The quantitative estimate of drug-likeness (QED) is 0.189. The zero-order chi connectivity index (χ0) is 20.6. The van der Waals surface area contributed by atoms with Crippen molar-refractivity contribution >= 4 is 35.9 Å². The second-order valence-electron chi connectivity index (χ2n) is 5.91. The van der Waals surface area contributed by atoms with Gasteiger partial charge in [0.1, 0.15) is 11.5 Å². The Hall–Kier alpha value is -2.18. The number of benzene rings is 1. The summed E-state index contributed by atoms with van der Waals surface area (Å²) in [5.41, 5.74) is -0.0779. The van der Waals surface area contributed by atoms with Crippen molar-refractivity contribution < 1.29 is 17.6 Å². The number of guanidine groups is 1. The normalized spacial score (nSPS) is 11.6. The molecule has 0 radical (unpaired) electrons. The van der Waals surface area contributed by atoms with Gasteiger partial charge in [-0.1, -0.05) is 12.1 Å². The highest BCUT2D eigenvalue weighted by Crippen LogP contribution is 2.27. The summed E-state index contributed by atoms with van der Waals surface area (Å²) >= 11 is 0. The third-order valence-electron chi connectivity index (χ3n) is 3.63. The minimum absolute atomic E-state index is 0. The summed E-state index contributed by atoms with van der Waals surface area (Å²) in [6.45, 7) is 3.67. The molecule has 0 aliphatic carbocycles. The van der Waals surface area contributed by atoms with E-state index >= 15 is 0 Å². The Kier molecular flexibility index (Phi) is 10.1. The fourth-order valence-electron chi connectivity index (χ4n) is 2.34. The number of hydrogen-bond acceptors (Lipinski definition) is 4. The van der Waals surface area contributed by atoms with E-state index < -0.39 is 11.9 Å². The molecule has 0 aliphatic rings. The van der Waals surface area contributed by atoms with E-state index in [-0.39, 0.29) is 42.3 Å². The molecule has 2 N–H and O–H groups in total. The standard InChI is InChI=1S/C18H22F4N6.HI/c1-3-23-17(28(2)12-13-4-6-14(19)7-5-13)26-11-10-25-16-24-9-8-15(27-16)18(20,21)22;/h4-9H,3,10-12H2,1-2H3,(H,23,26)(H,24,25,27);1H. The Morgan fingerprint density at radius 2 is 1.86 bits per heavy atom. The van der Waals surface area contributed by atoms with Gasteiger partial charge in [0.15, 0.2) is 5.96 Å². The van der Waals surface area contributed by atoms with E-state index in [0.717, 1.165) is 17.8 Å². The smallest absolute Gasteiger partial charge is 0.357 e. The molecule has 0 aliphatic heterocycles. The van der Waals surface area contributed by atoms with E-state index in [9.17, 15) is 17.6 Å². The molecule has 0 unspecified atom stereocenters. The fraction of sp³-hybridized carbons (Fsp3) is 0.389. The summed E-state index contributed by atoms with van der Waals surface area (Å²) in [6, 6.07) is 7.00. The molecule has 2 rings (SSSR count). The van der Waals surface area contributed by atoms with Gasteiger partial charge in [-0.25, -0.2) is 14.4 Å². The van der Waals surface area contributed by atoms with Crippen LogP contribution in [-0.2, 0) is 12.7 Å². The van der Waals surface area contributed by atoms with Crippen LogP contribution in [0.25, 0.3) is 0 Å². The molecule has 0 fully saturated rings. The third-order valence-corrected chi connectivity index (χ3v) is 3.63. The van der Waals surface area contributed by atoms with Gasteiger partial charge in [0.05, 0.1) is 6.54 Å². The van der Waals surface area contributed by atoms with Gasteiger partial charge in [0.25, 0.3) is 0 Å². The topological polar surface area (TPSA) is 65.4 Å². The van der Waals surface area contributed by atoms with Crippen LogP contribution in [0.5, 0.6) is 0 Å². The summed E-state index contributed by atoms with van der Waals surface area (Å²) in [5, 5.41) is 5.87. The van der Waals surface area contributed by atoms with E-state index in [1.165, 1.54) is 12.1 Å². The molecule has 0 bridgehead atoms. The molecule has 0 spiro atoms. The van der Waals surface area contributed by atoms with Crippen LogP contribution in [0.4, 0.5) is 23.5 Å². The number of hydrogen-bond donors (Lipinski definition) is 2.